The molecule has 1 saturated heterocycles. The van der Waals surface area contributed by atoms with Crippen LogP contribution in [0, 0.1) is 6.92 Å². The molecule has 0 saturated carbocycles. The maximum absolute atomic E-state index is 12.4. The molecule has 1 aliphatic heterocycles. The minimum Gasteiger partial charge on any atom is -0.496 e. The SMILES string of the molecule is COc1ccc(C)cc1C[NH+]1CC[NH+](CC(=O)N[C@@H](C)c2cccs2)CC1. The van der Waals surface area contributed by atoms with Crippen molar-refractivity contribution in [3.63, 3.8) is 0 Å². The molecule has 5 nitrogen and oxygen atoms in total. The van der Waals surface area contributed by atoms with Gasteiger partial charge in [0.25, 0.3) is 5.91 Å². The highest BCUT2D eigenvalue weighted by molar-refractivity contribution is 7.10. The van der Waals surface area contributed by atoms with Crippen LogP contribution < -0.4 is 19.9 Å². The van der Waals surface area contributed by atoms with Crippen LogP contribution in [-0.2, 0) is 11.3 Å². The van der Waals surface area contributed by atoms with E-state index in [-0.39, 0.29) is 11.9 Å². The third-order valence-corrected chi connectivity index (χ3v) is 6.35. The van der Waals surface area contributed by atoms with Crippen LogP contribution in [0.15, 0.2) is 35.7 Å². The first-order valence-electron chi connectivity index (χ1n) is 9.68. The van der Waals surface area contributed by atoms with Gasteiger partial charge in [-0.1, -0.05) is 17.7 Å². The van der Waals surface area contributed by atoms with Gasteiger partial charge >= 0.3 is 0 Å². The summed E-state index contributed by atoms with van der Waals surface area (Å²) in [5.41, 5.74) is 2.55. The predicted molar refractivity (Wildman–Crippen MR) is 109 cm³/mol. The molecule has 0 spiro atoms. The van der Waals surface area contributed by atoms with Crippen molar-refractivity contribution in [3.05, 3.63) is 51.7 Å². The van der Waals surface area contributed by atoms with E-state index < -0.39 is 0 Å². The molecule has 1 aromatic carbocycles. The van der Waals surface area contributed by atoms with E-state index in [1.807, 2.05) is 6.07 Å². The second kappa shape index (κ2) is 9.35. The zero-order valence-electron chi connectivity index (χ0n) is 16.5. The zero-order chi connectivity index (χ0) is 19.2. The zero-order valence-corrected chi connectivity index (χ0v) is 17.3. The molecule has 1 amide bonds. The number of aryl methyl sites for hydroxylation is 1. The van der Waals surface area contributed by atoms with Crippen LogP contribution in [0.2, 0.25) is 0 Å². The van der Waals surface area contributed by atoms with Gasteiger partial charge in [-0.2, -0.15) is 0 Å². The van der Waals surface area contributed by atoms with Gasteiger partial charge in [-0.15, -0.1) is 11.3 Å². The summed E-state index contributed by atoms with van der Waals surface area (Å²) in [6.07, 6.45) is 0. The van der Waals surface area contributed by atoms with Crippen molar-refractivity contribution in [1.29, 1.82) is 0 Å². The summed E-state index contributed by atoms with van der Waals surface area (Å²) in [6.45, 7) is 9.96. The third-order valence-electron chi connectivity index (χ3n) is 5.30. The average Bonchev–Trinajstić information content (AvgIpc) is 3.18. The molecule has 2 heterocycles. The van der Waals surface area contributed by atoms with E-state index in [0.717, 1.165) is 38.5 Å². The van der Waals surface area contributed by atoms with Gasteiger partial charge in [0.1, 0.15) is 38.5 Å². The van der Waals surface area contributed by atoms with Gasteiger partial charge in [0.05, 0.1) is 13.2 Å². The van der Waals surface area contributed by atoms with Crippen molar-refractivity contribution in [1.82, 2.24) is 5.32 Å². The highest BCUT2D eigenvalue weighted by Crippen LogP contribution is 2.19. The first-order chi connectivity index (χ1) is 13.0. The maximum Gasteiger partial charge on any atom is 0.275 e. The number of thiophene rings is 1. The number of rotatable bonds is 7. The Morgan fingerprint density at radius 2 is 1.96 bits per heavy atom. The van der Waals surface area contributed by atoms with Crippen LogP contribution in [0.5, 0.6) is 5.75 Å². The first kappa shape index (κ1) is 19.9. The number of nitrogens with one attached hydrogen (secondary N) is 3. The molecular formula is C21H31N3O2S+2. The maximum atomic E-state index is 12.4. The van der Waals surface area contributed by atoms with E-state index in [0.29, 0.717) is 6.54 Å². The van der Waals surface area contributed by atoms with Crippen LogP contribution >= 0.6 is 11.3 Å². The van der Waals surface area contributed by atoms with Gasteiger partial charge in [0, 0.05) is 10.4 Å². The van der Waals surface area contributed by atoms with Crippen LogP contribution in [0.3, 0.4) is 0 Å². The highest BCUT2D eigenvalue weighted by atomic mass is 32.1. The Bertz CT molecular complexity index is 740. The number of carbonyl (C=O) groups is 1. The Morgan fingerprint density at radius 1 is 1.22 bits per heavy atom. The number of benzene rings is 1. The number of carbonyl (C=O) groups excluding carboxylic acids is 1. The average molecular weight is 390 g/mol. The van der Waals surface area contributed by atoms with Crippen molar-refractivity contribution >= 4 is 17.2 Å². The number of hydrogen-bond acceptors (Lipinski definition) is 3. The lowest BCUT2D eigenvalue weighted by Gasteiger charge is -2.30. The number of ether oxygens (including phenoxy) is 1. The molecule has 1 fully saturated rings. The first-order valence-corrected chi connectivity index (χ1v) is 10.6. The molecule has 1 aromatic heterocycles. The topological polar surface area (TPSA) is 47.2 Å². The van der Waals surface area contributed by atoms with E-state index in [9.17, 15) is 4.79 Å². The Morgan fingerprint density at radius 3 is 2.63 bits per heavy atom. The number of piperazine rings is 1. The van der Waals surface area contributed by atoms with E-state index >= 15 is 0 Å². The third kappa shape index (κ3) is 5.54. The summed E-state index contributed by atoms with van der Waals surface area (Å²) in [5.74, 6) is 1.12. The molecular weight excluding hydrogens is 358 g/mol. The predicted octanol–water partition coefficient (Wildman–Crippen LogP) is 0.226. The van der Waals surface area contributed by atoms with Crippen molar-refractivity contribution < 1.29 is 19.3 Å². The lowest BCUT2D eigenvalue weighted by molar-refractivity contribution is -1.02. The monoisotopic (exact) mass is 389 g/mol. The summed E-state index contributed by atoms with van der Waals surface area (Å²) in [6, 6.07) is 10.6. The molecule has 3 rings (SSSR count). The highest BCUT2D eigenvalue weighted by Gasteiger charge is 2.26. The van der Waals surface area contributed by atoms with Gasteiger partial charge in [0.15, 0.2) is 6.54 Å². The van der Waals surface area contributed by atoms with Crippen molar-refractivity contribution in [3.8, 4) is 5.75 Å². The largest absolute Gasteiger partial charge is 0.496 e. The fraction of sp³-hybridized carbons (Fsp3) is 0.476. The van der Waals surface area contributed by atoms with Crippen molar-refractivity contribution in [2.45, 2.75) is 26.4 Å². The number of amides is 1. The minimum absolute atomic E-state index is 0.0950. The van der Waals surface area contributed by atoms with E-state index in [1.54, 1.807) is 23.3 Å². The normalized spacial score (nSPS) is 20.9. The molecule has 0 radical (unpaired) electrons. The van der Waals surface area contributed by atoms with Gasteiger partial charge in [-0.05, 0) is 37.4 Å². The van der Waals surface area contributed by atoms with Gasteiger partial charge in [-0.25, -0.2) is 0 Å². The lowest BCUT2D eigenvalue weighted by Crippen LogP contribution is -3.28. The van der Waals surface area contributed by atoms with Gasteiger partial charge in [-0.3, -0.25) is 4.79 Å². The number of quaternary nitrogens is 2. The molecule has 1 atom stereocenters. The van der Waals surface area contributed by atoms with Crippen molar-refractivity contribution in [2.24, 2.45) is 0 Å². The Balaban J connectivity index is 1.45. The molecule has 0 bridgehead atoms. The Kier molecular flexibility index (Phi) is 6.88. The van der Waals surface area contributed by atoms with Crippen molar-refractivity contribution in [2.75, 3.05) is 39.8 Å². The standard InChI is InChI=1S/C21H29N3O2S/c1-16-6-7-19(26-3)18(13-16)14-23-8-10-24(11-9-23)15-21(25)22-17(2)20-5-4-12-27-20/h4-7,12-13,17H,8-11,14-15H2,1-3H3,(H,22,25)/p+2/t17-/m0/s1. The Labute approximate surface area is 165 Å². The summed E-state index contributed by atoms with van der Waals surface area (Å²) < 4.78 is 5.51. The van der Waals surface area contributed by atoms with Crippen LogP contribution in [0.25, 0.3) is 0 Å². The molecule has 27 heavy (non-hydrogen) atoms. The summed E-state index contributed by atoms with van der Waals surface area (Å²) >= 11 is 1.69. The minimum atomic E-state index is 0.0950. The quantitative estimate of drug-likeness (QED) is 0.635. The molecule has 0 aliphatic carbocycles. The molecule has 0 unspecified atom stereocenters. The van der Waals surface area contributed by atoms with Crippen LogP contribution in [0.1, 0.15) is 29.0 Å². The molecule has 6 heteroatoms. The summed E-state index contributed by atoms with van der Waals surface area (Å²) in [5, 5.41) is 5.18. The van der Waals surface area contributed by atoms with E-state index in [1.165, 1.54) is 20.9 Å². The molecule has 1 aliphatic rings. The van der Waals surface area contributed by atoms with Crippen LogP contribution in [0.4, 0.5) is 0 Å². The Hall–Kier alpha value is -1.89. The summed E-state index contributed by atoms with van der Waals surface area (Å²) in [7, 11) is 1.74. The van der Waals surface area contributed by atoms with Gasteiger partial charge in [0.2, 0.25) is 0 Å². The fourth-order valence-electron chi connectivity index (χ4n) is 3.75. The lowest BCUT2D eigenvalue weighted by atomic mass is 10.1. The van der Waals surface area contributed by atoms with Gasteiger partial charge < -0.3 is 19.9 Å². The van der Waals surface area contributed by atoms with E-state index in [4.69, 9.17) is 4.74 Å². The molecule has 3 N–H and O–H groups in total. The second-order valence-electron chi connectivity index (χ2n) is 7.47. The molecule has 2 aromatic rings. The summed E-state index contributed by atoms with van der Waals surface area (Å²) in [4.78, 5) is 16.5. The van der Waals surface area contributed by atoms with Crippen LogP contribution in [-0.4, -0.2) is 45.7 Å². The number of hydrogen-bond donors (Lipinski definition) is 3. The molecule has 146 valence electrons. The smallest absolute Gasteiger partial charge is 0.275 e. The fourth-order valence-corrected chi connectivity index (χ4v) is 4.49. The van der Waals surface area contributed by atoms with E-state index in [2.05, 4.69) is 48.8 Å². The number of methoxy groups -OCH3 is 1. The second-order valence-corrected chi connectivity index (χ2v) is 8.45.